The van der Waals surface area contributed by atoms with E-state index in [0.29, 0.717) is 0 Å². The van der Waals surface area contributed by atoms with E-state index < -0.39 is 0 Å². The molecule has 0 spiro atoms. The maximum atomic E-state index is 3.75. The number of hydrogen-bond donors (Lipinski definition) is 1. The third kappa shape index (κ3) is 1.26. The molecule has 0 saturated heterocycles. The van der Waals surface area contributed by atoms with Crippen LogP contribution in [0.1, 0.15) is 11.3 Å². The highest BCUT2D eigenvalue weighted by atomic mass is 14.7. The summed E-state index contributed by atoms with van der Waals surface area (Å²) in [6, 6.07) is 8.37. The molecule has 13 heavy (non-hydrogen) atoms. The molecule has 0 aliphatic heterocycles. The normalized spacial score (nSPS) is 10.5. The molecule has 66 valence electrons. The number of aryl methyl sites for hydroxylation is 1. The van der Waals surface area contributed by atoms with Gasteiger partial charge in [0.1, 0.15) is 0 Å². The Labute approximate surface area is 78.1 Å². The summed E-state index contributed by atoms with van der Waals surface area (Å²) in [6.45, 7) is 5.90. The van der Waals surface area contributed by atoms with Gasteiger partial charge < -0.3 is 4.98 Å². The zero-order valence-electron chi connectivity index (χ0n) is 7.80. The first-order chi connectivity index (χ1) is 6.33. The van der Waals surface area contributed by atoms with Crippen molar-refractivity contribution >= 4 is 10.9 Å². The molecule has 0 bridgehead atoms. The third-order valence-corrected chi connectivity index (χ3v) is 2.42. The monoisotopic (exact) mass is 171 g/mol. The van der Waals surface area contributed by atoms with Gasteiger partial charge in [-0.15, -0.1) is 6.58 Å². The molecule has 0 aliphatic rings. The highest BCUT2D eigenvalue weighted by molar-refractivity contribution is 5.84. The highest BCUT2D eigenvalue weighted by Crippen LogP contribution is 2.21. The van der Waals surface area contributed by atoms with E-state index in [0.717, 1.165) is 6.42 Å². The first-order valence-electron chi connectivity index (χ1n) is 4.50. The molecule has 1 aromatic carbocycles. The summed E-state index contributed by atoms with van der Waals surface area (Å²) in [5.74, 6) is 0. The number of H-pyrrole nitrogens is 1. The molecule has 1 N–H and O–H groups in total. The quantitative estimate of drug-likeness (QED) is 0.668. The predicted molar refractivity (Wildman–Crippen MR) is 56.9 cm³/mol. The van der Waals surface area contributed by atoms with E-state index in [4.69, 9.17) is 0 Å². The van der Waals surface area contributed by atoms with Crippen LogP contribution in [0.15, 0.2) is 36.9 Å². The van der Waals surface area contributed by atoms with Crippen molar-refractivity contribution in [2.24, 2.45) is 0 Å². The van der Waals surface area contributed by atoms with Crippen LogP contribution in [-0.2, 0) is 6.42 Å². The molecule has 0 unspecified atom stereocenters. The summed E-state index contributed by atoms with van der Waals surface area (Å²) >= 11 is 0. The second-order valence-electron chi connectivity index (χ2n) is 3.27. The number of nitrogens with one attached hydrogen (secondary N) is 1. The van der Waals surface area contributed by atoms with Gasteiger partial charge in [-0.05, 0) is 18.6 Å². The Morgan fingerprint density at radius 3 is 2.85 bits per heavy atom. The average Bonchev–Trinajstić information content (AvgIpc) is 2.46. The summed E-state index contributed by atoms with van der Waals surface area (Å²) < 4.78 is 0. The molecule has 1 nitrogen and oxygen atoms in total. The second kappa shape index (κ2) is 3.09. The van der Waals surface area contributed by atoms with Crippen molar-refractivity contribution in [2.75, 3.05) is 0 Å². The number of aromatic amines is 1. The lowest BCUT2D eigenvalue weighted by Gasteiger charge is -1.92. The van der Waals surface area contributed by atoms with Crippen LogP contribution in [0.2, 0.25) is 0 Å². The van der Waals surface area contributed by atoms with E-state index >= 15 is 0 Å². The largest absolute Gasteiger partial charge is 0.358 e. The molecule has 0 saturated carbocycles. The molecule has 1 heterocycles. The lowest BCUT2D eigenvalue weighted by Crippen LogP contribution is -1.82. The Morgan fingerprint density at radius 2 is 2.15 bits per heavy atom. The minimum absolute atomic E-state index is 0.917. The average molecular weight is 171 g/mol. The van der Waals surface area contributed by atoms with Crippen LogP contribution < -0.4 is 0 Å². The zero-order valence-corrected chi connectivity index (χ0v) is 7.80. The molecular weight excluding hydrogens is 158 g/mol. The fourth-order valence-corrected chi connectivity index (χ4v) is 1.69. The summed E-state index contributed by atoms with van der Waals surface area (Å²) in [7, 11) is 0. The second-order valence-corrected chi connectivity index (χ2v) is 3.27. The van der Waals surface area contributed by atoms with Crippen LogP contribution >= 0.6 is 0 Å². The van der Waals surface area contributed by atoms with Gasteiger partial charge in [-0.1, -0.05) is 24.3 Å². The molecule has 1 aromatic heterocycles. The first-order valence-corrected chi connectivity index (χ1v) is 4.50. The minimum atomic E-state index is 0.917. The van der Waals surface area contributed by atoms with Crippen LogP contribution in [0.25, 0.3) is 10.9 Å². The summed E-state index contributed by atoms with van der Waals surface area (Å²) in [5, 5.41) is 1.32. The molecule has 0 atom stereocenters. The van der Waals surface area contributed by atoms with Gasteiger partial charge in [0, 0.05) is 23.0 Å². The Bertz CT molecular complexity index is 437. The standard InChI is InChI=1S/C12H13N/c1-3-6-11-9(2)10-7-4-5-8-12(10)13-11/h3-5,7-8,13H,1,6H2,2H3. The number of benzene rings is 1. The number of fused-ring (bicyclic) bond motifs is 1. The molecule has 2 rings (SSSR count). The fourth-order valence-electron chi connectivity index (χ4n) is 1.69. The SMILES string of the molecule is C=CCc1[nH]c2ccccc2c1C. The van der Waals surface area contributed by atoms with Gasteiger partial charge in [-0.25, -0.2) is 0 Å². The third-order valence-electron chi connectivity index (χ3n) is 2.42. The highest BCUT2D eigenvalue weighted by Gasteiger charge is 2.03. The molecule has 1 heteroatoms. The van der Waals surface area contributed by atoms with Crippen molar-refractivity contribution in [3.63, 3.8) is 0 Å². The fraction of sp³-hybridized carbons (Fsp3) is 0.167. The number of para-hydroxylation sites is 1. The number of allylic oxidation sites excluding steroid dienone is 1. The van der Waals surface area contributed by atoms with Crippen LogP contribution in [0.5, 0.6) is 0 Å². The summed E-state index contributed by atoms with van der Waals surface area (Å²) in [4.78, 5) is 3.39. The zero-order chi connectivity index (χ0) is 9.26. The van der Waals surface area contributed by atoms with Crippen LogP contribution in [0, 0.1) is 6.92 Å². The van der Waals surface area contributed by atoms with Crippen molar-refractivity contribution in [3.8, 4) is 0 Å². The van der Waals surface area contributed by atoms with E-state index in [1.54, 1.807) is 0 Å². The molecule has 0 radical (unpaired) electrons. The Kier molecular flexibility index (Phi) is 1.93. The number of rotatable bonds is 2. The van der Waals surface area contributed by atoms with E-state index in [2.05, 4.69) is 42.8 Å². The molecule has 0 aliphatic carbocycles. The van der Waals surface area contributed by atoms with Crippen molar-refractivity contribution in [3.05, 3.63) is 48.2 Å². The van der Waals surface area contributed by atoms with E-state index in [9.17, 15) is 0 Å². The smallest absolute Gasteiger partial charge is 0.0458 e. The molecule has 0 fully saturated rings. The van der Waals surface area contributed by atoms with Crippen molar-refractivity contribution in [1.82, 2.24) is 4.98 Å². The van der Waals surface area contributed by atoms with Gasteiger partial charge >= 0.3 is 0 Å². The van der Waals surface area contributed by atoms with Crippen molar-refractivity contribution in [1.29, 1.82) is 0 Å². The van der Waals surface area contributed by atoms with Gasteiger partial charge in [-0.2, -0.15) is 0 Å². The number of aromatic nitrogens is 1. The van der Waals surface area contributed by atoms with Crippen molar-refractivity contribution in [2.45, 2.75) is 13.3 Å². The van der Waals surface area contributed by atoms with Crippen LogP contribution in [0.3, 0.4) is 0 Å². The van der Waals surface area contributed by atoms with E-state index in [1.165, 1.54) is 22.2 Å². The lowest BCUT2D eigenvalue weighted by atomic mass is 10.1. The van der Waals surface area contributed by atoms with Gasteiger partial charge in [-0.3, -0.25) is 0 Å². The van der Waals surface area contributed by atoms with Gasteiger partial charge in [0.05, 0.1) is 0 Å². The number of hydrogen-bond acceptors (Lipinski definition) is 0. The van der Waals surface area contributed by atoms with Gasteiger partial charge in [0.2, 0.25) is 0 Å². The summed E-state index contributed by atoms with van der Waals surface area (Å²) in [6.07, 6.45) is 2.85. The predicted octanol–water partition coefficient (Wildman–Crippen LogP) is 3.20. The lowest BCUT2D eigenvalue weighted by molar-refractivity contribution is 1.14. The molecular formula is C12H13N. The van der Waals surface area contributed by atoms with Gasteiger partial charge in [0.25, 0.3) is 0 Å². The first kappa shape index (κ1) is 8.11. The van der Waals surface area contributed by atoms with E-state index in [-0.39, 0.29) is 0 Å². The van der Waals surface area contributed by atoms with E-state index in [1.807, 2.05) is 6.08 Å². The Hall–Kier alpha value is -1.50. The van der Waals surface area contributed by atoms with Crippen LogP contribution in [0.4, 0.5) is 0 Å². The van der Waals surface area contributed by atoms with Crippen LogP contribution in [-0.4, -0.2) is 4.98 Å². The van der Waals surface area contributed by atoms with Gasteiger partial charge in [0.15, 0.2) is 0 Å². The van der Waals surface area contributed by atoms with Crippen molar-refractivity contribution < 1.29 is 0 Å². The maximum Gasteiger partial charge on any atom is 0.0458 e. The molecule has 2 aromatic rings. The topological polar surface area (TPSA) is 15.8 Å². The Balaban J connectivity index is 2.66. The molecule has 0 amide bonds. The minimum Gasteiger partial charge on any atom is -0.358 e. The maximum absolute atomic E-state index is 3.75. The summed E-state index contributed by atoms with van der Waals surface area (Å²) in [5.41, 5.74) is 3.84. The Morgan fingerprint density at radius 1 is 1.38 bits per heavy atom.